The van der Waals surface area contributed by atoms with Crippen LogP contribution in [0.1, 0.15) is 46.2 Å². The molecule has 0 aliphatic heterocycles. The summed E-state index contributed by atoms with van der Waals surface area (Å²) in [6, 6.07) is 0.248. The second kappa shape index (κ2) is 8.74. The lowest BCUT2D eigenvalue weighted by Gasteiger charge is -2.13. The minimum absolute atomic E-state index is 0.106. The summed E-state index contributed by atoms with van der Waals surface area (Å²) in [6.07, 6.45) is 5.11. The molecule has 114 valence electrons. The van der Waals surface area contributed by atoms with E-state index in [-0.39, 0.29) is 11.9 Å². The van der Waals surface area contributed by atoms with Gasteiger partial charge in [0.2, 0.25) is 5.91 Å². The number of nitrogens with zero attached hydrogens (tertiary/aromatic N) is 2. The van der Waals surface area contributed by atoms with Gasteiger partial charge in [-0.05, 0) is 25.8 Å². The van der Waals surface area contributed by atoms with Crippen LogP contribution in [0.25, 0.3) is 0 Å². The van der Waals surface area contributed by atoms with Gasteiger partial charge in [0.05, 0.1) is 12.0 Å². The minimum Gasteiger partial charge on any atom is -0.354 e. The number of imidazole rings is 1. The molecule has 5 heteroatoms. The standard InChI is InChI=1S/C15H28N4O/c1-5-13(4)18-15(20)6-7-19-11-17-10-14(19)9-16-8-12(2)3/h10-13,16H,5-9H2,1-4H3,(H,18,20). The van der Waals surface area contributed by atoms with Crippen molar-refractivity contribution in [1.82, 2.24) is 20.2 Å². The molecule has 1 heterocycles. The smallest absolute Gasteiger partial charge is 0.221 e. The van der Waals surface area contributed by atoms with Gasteiger partial charge in [-0.2, -0.15) is 0 Å². The molecule has 1 aromatic rings. The van der Waals surface area contributed by atoms with E-state index in [9.17, 15) is 4.79 Å². The lowest BCUT2D eigenvalue weighted by molar-refractivity contribution is -0.121. The Labute approximate surface area is 122 Å². The summed E-state index contributed by atoms with van der Waals surface area (Å²) in [5, 5.41) is 6.38. The van der Waals surface area contributed by atoms with Crippen molar-refractivity contribution in [2.24, 2.45) is 5.92 Å². The van der Waals surface area contributed by atoms with E-state index in [4.69, 9.17) is 0 Å². The van der Waals surface area contributed by atoms with Gasteiger partial charge in [0.15, 0.2) is 0 Å². The molecule has 0 aliphatic carbocycles. The number of hydrogen-bond acceptors (Lipinski definition) is 3. The molecule has 0 saturated heterocycles. The predicted octanol–water partition coefficient (Wildman–Crippen LogP) is 1.93. The van der Waals surface area contributed by atoms with Crippen LogP contribution in [0.3, 0.4) is 0 Å². The predicted molar refractivity (Wildman–Crippen MR) is 81.3 cm³/mol. The van der Waals surface area contributed by atoms with Gasteiger partial charge < -0.3 is 15.2 Å². The zero-order valence-electron chi connectivity index (χ0n) is 13.1. The summed E-state index contributed by atoms with van der Waals surface area (Å²) in [5.41, 5.74) is 1.13. The molecule has 0 bridgehead atoms. The van der Waals surface area contributed by atoms with Crippen LogP contribution in [0.5, 0.6) is 0 Å². The van der Waals surface area contributed by atoms with Crippen molar-refractivity contribution in [3.63, 3.8) is 0 Å². The molecule has 1 unspecified atom stereocenters. The highest BCUT2D eigenvalue weighted by molar-refractivity contribution is 5.76. The average Bonchev–Trinajstić information content (AvgIpc) is 2.83. The molecule has 0 saturated carbocycles. The maximum Gasteiger partial charge on any atom is 0.221 e. The van der Waals surface area contributed by atoms with E-state index in [0.717, 1.165) is 25.2 Å². The van der Waals surface area contributed by atoms with E-state index < -0.39 is 0 Å². The van der Waals surface area contributed by atoms with Gasteiger partial charge in [-0.3, -0.25) is 4.79 Å². The fourth-order valence-electron chi connectivity index (χ4n) is 1.86. The van der Waals surface area contributed by atoms with Gasteiger partial charge in [0.25, 0.3) is 0 Å². The Bertz CT molecular complexity index is 400. The number of aromatic nitrogens is 2. The fourth-order valence-corrected chi connectivity index (χ4v) is 1.86. The third-order valence-corrected chi connectivity index (χ3v) is 3.26. The maximum absolute atomic E-state index is 11.8. The largest absolute Gasteiger partial charge is 0.354 e. The van der Waals surface area contributed by atoms with Crippen molar-refractivity contribution in [2.45, 2.75) is 59.7 Å². The molecular formula is C15H28N4O. The molecule has 0 aromatic carbocycles. The highest BCUT2D eigenvalue weighted by Crippen LogP contribution is 2.02. The zero-order chi connectivity index (χ0) is 15.0. The van der Waals surface area contributed by atoms with E-state index in [2.05, 4.69) is 36.4 Å². The van der Waals surface area contributed by atoms with Gasteiger partial charge >= 0.3 is 0 Å². The Kier molecular flexibility index (Phi) is 7.30. The number of nitrogens with one attached hydrogen (secondary N) is 2. The summed E-state index contributed by atoms with van der Waals surface area (Å²) in [4.78, 5) is 15.9. The Morgan fingerprint density at radius 2 is 2.15 bits per heavy atom. The molecule has 1 atom stereocenters. The molecule has 1 aromatic heterocycles. The monoisotopic (exact) mass is 280 g/mol. The van der Waals surface area contributed by atoms with E-state index in [1.807, 2.05) is 17.7 Å². The molecule has 0 fully saturated rings. The Balaban J connectivity index is 2.37. The highest BCUT2D eigenvalue weighted by Gasteiger charge is 2.07. The SMILES string of the molecule is CCC(C)NC(=O)CCn1cncc1CNCC(C)C. The van der Waals surface area contributed by atoms with E-state index in [0.29, 0.717) is 18.9 Å². The Hall–Kier alpha value is -1.36. The number of amides is 1. The van der Waals surface area contributed by atoms with Crippen molar-refractivity contribution in [3.05, 3.63) is 18.2 Å². The lowest BCUT2D eigenvalue weighted by atomic mass is 10.2. The van der Waals surface area contributed by atoms with Gasteiger partial charge in [0.1, 0.15) is 0 Å². The summed E-state index contributed by atoms with van der Waals surface area (Å²) in [6.45, 7) is 10.9. The van der Waals surface area contributed by atoms with Crippen LogP contribution in [0.4, 0.5) is 0 Å². The average molecular weight is 280 g/mol. The fraction of sp³-hybridized carbons (Fsp3) is 0.733. The molecule has 5 nitrogen and oxygen atoms in total. The number of rotatable bonds is 9. The van der Waals surface area contributed by atoms with Crippen LogP contribution < -0.4 is 10.6 Å². The first-order valence-corrected chi connectivity index (χ1v) is 7.52. The maximum atomic E-state index is 11.8. The van der Waals surface area contributed by atoms with Crippen LogP contribution >= 0.6 is 0 Å². The number of carbonyl (C=O) groups is 1. The van der Waals surface area contributed by atoms with Gasteiger partial charge in [-0.1, -0.05) is 20.8 Å². The zero-order valence-corrected chi connectivity index (χ0v) is 13.1. The van der Waals surface area contributed by atoms with Crippen LogP contribution in [-0.2, 0) is 17.9 Å². The highest BCUT2D eigenvalue weighted by atomic mass is 16.1. The van der Waals surface area contributed by atoms with Crippen molar-refractivity contribution >= 4 is 5.91 Å². The Morgan fingerprint density at radius 1 is 1.40 bits per heavy atom. The van der Waals surface area contributed by atoms with Gasteiger partial charge in [-0.25, -0.2) is 4.98 Å². The van der Waals surface area contributed by atoms with Gasteiger partial charge in [0, 0.05) is 31.7 Å². The van der Waals surface area contributed by atoms with Gasteiger partial charge in [-0.15, -0.1) is 0 Å². The first-order chi connectivity index (χ1) is 9.52. The lowest BCUT2D eigenvalue weighted by Crippen LogP contribution is -2.32. The van der Waals surface area contributed by atoms with Crippen LogP contribution in [0.15, 0.2) is 12.5 Å². The van der Waals surface area contributed by atoms with Crippen LogP contribution in [-0.4, -0.2) is 28.0 Å². The number of hydrogen-bond donors (Lipinski definition) is 2. The molecule has 1 rings (SSSR count). The normalized spacial score (nSPS) is 12.7. The van der Waals surface area contributed by atoms with Crippen molar-refractivity contribution in [3.8, 4) is 0 Å². The quantitative estimate of drug-likeness (QED) is 0.726. The molecular weight excluding hydrogens is 252 g/mol. The molecule has 0 spiro atoms. The summed E-state index contributed by atoms with van der Waals surface area (Å²) >= 11 is 0. The second-order valence-electron chi connectivity index (χ2n) is 5.73. The minimum atomic E-state index is 0.106. The Morgan fingerprint density at radius 3 is 2.80 bits per heavy atom. The molecule has 0 aliphatic rings. The van der Waals surface area contributed by atoms with Crippen molar-refractivity contribution in [1.29, 1.82) is 0 Å². The van der Waals surface area contributed by atoms with Crippen molar-refractivity contribution in [2.75, 3.05) is 6.54 Å². The summed E-state index contributed by atoms with van der Waals surface area (Å²) in [5.74, 6) is 0.738. The topological polar surface area (TPSA) is 59.0 Å². The number of aryl methyl sites for hydroxylation is 1. The third-order valence-electron chi connectivity index (χ3n) is 3.26. The van der Waals surface area contributed by atoms with Crippen LogP contribution in [0, 0.1) is 5.92 Å². The molecule has 0 radical (unpaired) electrons. The van der Waals surface area contributed by atoms with Crippen molar-refractivity contribution < 1.29 is 4.79 Å². The van der Waals surface area contributed by atoms with E-state index >= 15 is 0 Å². The molecule has 1 amide bonds. The number of carbonyl (C=O) groups excluding carboxylic acids is 1. The van der Waals surface area contributed by atoms with Crippen LogP contribution in [0.2, 0.25) is 0 Å². The molecule has 2 N–H and O–H groups in total. The summed E-state index contributed by atoms with van der Waals surface area (Å²) in [7, 11) is 0. The summed E-state index contributed by atoms with van der Waals surface area (Å²) < 4.78 is 2.05. The first-order valence-electron chi connectivity index (χ1n) is 7.52. The van der Waals surface area contributed by atoms with E-state index in [1.165, 1.54) is 0 Å². The third kappa shape index (κ3) is 6.19. The molecule has 20 heavy (non-hydrogen) atoms. The van der Waals surface area contributed by atoms with E-state index in [1.54, 1.807) is 6.33 Å². The second-order valence-corrected chi connectivity index (χ2v) is 5.73. The first kappa shape index (κ1) is 16.7.